The summed E-state index contributed by atoms with van der Waals surface area (Å²) in [7, 11) is 1.60. The maximum Gasteiger partial charge on any atom is 0.308 e. The van der Waals surface area contributed by atoms with E-state index in [2.05, 4.69) is 9.88 Å². The molecule has 180 valence electrons. The van der Waals surface area contributed by atoms with E-state index >= 15 is 0 Å². The number of ether oxygens (including phenoxy) is 1. The molecule has 2 fully saturated rings. The van der Waals surface area contributed by atoms with Crippen LogP contribution in [0.2, 0.25) is 5.02 Å². The number of benzene rings is 1. The average Bonchev–Trinajstić information content (AvgIpc) is 2.78. The van der Waals surface area contributed by atoms with Gasteiger partial charge in [-0.25, -0.2) is 0 Å². The van der Waals surface area contributed by atoms with Gasteiger partial charge in [-0.3, -0.25) is 9.78 Å². The first-order valence-corrected chi connectivity index (χ1v) is 13.3. The number of likely N-dealkylation sites (tertiary alicyclic amines) is 1. The normalized spacial score (nSPS) is 22.8. The standard InChI is InChI=1S/C25H33ClN2O4S/c1-32-17-6-7-22-19(13-17)24(21(26)14-27-22)23(29)8-5-16-9-10-28(15-20(16)25(30)31)11-12-33-18-3-2-4-18/h6-7,13-14,16,18,20,23,29H,2-5,8-12,15H2,1H3,(H,30,31)/t16?,20?,23-/m1/s1. The lowest BCUT2D eigenvalue weighted by Crippen LogP contribution is -2.44. The molecule has 2 heterocycles. The topological polar surface area (TPSA) is 82.9 Å². The van der Waals surface area contributed by atoms with Crippen LogP contribution in [0, 0.1) is 11.8 Å². The Balaban J connectivity index is 1.37. The van der Waals surface area contributed by atoms with Crippen LogP contribution in [0.25, 0.3) is 10.9 Å². The molecular weight excluding hydrogens is 460 g/mol. The van der Waals surface area contributed by atoms with Crippen LogP contribution in [0.1, 0.15) is 50.2 Å². The number of piperidine rings is 1. The number of halogens is 1. The first kappa shape index (κ1) is 24.6. The highest BCUT2D eigenvalue weighted by atomic mass is 35.5. The number of thioether (sulfide) groups is 1. The van der Waals surface area contributed by atoms with E-state index in [1.165, 1.54) is 19.3 Å². The number of nitrogens with zero attached hydrogens (tertiary/aromatic N) is 2. The molecule has 6 nitrogen and oxygen atoms in total. The third-order valence-electron chi connectivity index (χ3n) is 7.18. The number of hydrogen-bond donors (Lipinski definition) is 2. The van der Waals surface area contributed by atoms with Crippen LogP contribution in [0.3, 0.4) is 0 Å². The Hall–Kier alpha value is -1.54. The van der Waals surface area contributed by atoms with Crippen LogP contribution in [0.15, 0.2) is 24.4 Å². The molecule has 1 aliphatic carbocycles. The molecule has 4 rings (SSSR count). The van der Waals surface area contributed by atoms with Crippen LogP contribution in [-0.2, 0) is 4.79 Å². The van der Waals surface area contributed by atoms with Crippen molar-refractivity contribution < 1.29 is 19.7 Å². The van der Waals surface area contributed by atoms with E-state index < -0.39 is 18.0 Å². The van der Waals surface area contributed by atoms with Gasteiger partial charge in [0, 0.05) is 41.2 Å². The van der Waals surface area contributed by atoms with Crippen molar-refractivity contribution in [2.45, 2.75) is 49.9 Å². The van der Waals surface area contributed by atoms with Crippen LogP contribution >= 0.6 is 23.4 Å². The van der Waals surface area contributed by atoms with E-state index in [1.54, 1.807) is 13.3 Å². The van der Waals surface area contributed by atoms with Gasteiger partial charge in [-0.2, -0.15) is 11.8 Å². The maximum atomic E-state index is 12.0. The van der Waals surface area contributed by atoms with Crippen molar-refractivity contribution in [2.75, 3.05) is 32.5 Å². The van der Waals surface area contributed by atoms with Crippen LogP contribution in [0.4, 0.5) is 0 Å². The van der Waals surface area contributed by atoms with Crippen molar-refractivity contribution >= 4 is 40.2 Å². The van der Waals surface area contributed by atoms with Crippen molar-refractivity contribution in [3.8, 4) is 5.75 Å². The number of pyridine rings is 1. The van der Waals surface area contributed by atoms with Gasteiger partial charge in [0.15, 0.2) is 0 Å². The first-order valence-electron chi connectivity index (χ1n) is 11.8. The molecule has 0 spiro atoms. The summed E-state index contributed by atoms with van der Waals surface area (Å²) in [6, 6.07) is 5.52. The van der Waals surface area contributed by atoms with Gasteiger partial charge in [-0.05, 0) is 62.8 Å². The average molecular weight is 493 g/mol. The SMILES string of the molecule is COc1ccc2ncc(Cl)c([C@H](O)CCC3CCN(CCSC4CCC4)CC3C(=O)O)c2c1. The summed E-state index contributed by atoms with van der Waals surface area (Å²) in [4.78, 5) is 18.7. The fourth-order valence-electron chi connectivity index (χ4n) is 4.93. The van der Waals surface area contributed by atoms with Gasteiger partial charge in [0.2, 0.25) is 0 Å². The van der Waals surface area contributed by atoms with E-state index in [0.717, 1.165) is 41.4 Å². The molecule has 33 heavy (non-hydrogen) atoms. The van der Waals surface area contributed by atoms with Gasteiger partial charge in [0.05, 0.1) is 29.7 Å². The Bertz CT molecular complexity index is 971. The Labute approximate surface area is 204 Å². The summed E-state index contributed by atoms with van der Waals surface area (Å²) in [5.74, 6) is 0.674. The maximum absolute atomic E-state index is 12.0. The Kier molecular flexibility index (Phi) is 8.38. The van der Waals surface area contributed by atoms with Crippen molar-refractivity contribution in [3.05, 3.63) is 35.0 Å². The first-order chi connectivity index (χ1) is 16.0. The molecular formula is C25H33ClN2O4S. The minimum atomic E-state index is -0.790. The number of hydrogen-bond acceptors (Lipinski definition) is 6. The molecule has 2 unspecified atom stereocenters. The second kappa shape index (κ2) is 11.3. The summed E-state index contributed by atoms with van der Waals surface area (Å²) in [6.45, 7) is 2.48. The largest absolute Gasteiger partial charge is 0.497 e. The zero-order chi connectivity index (χ0) is 23.4. The quantitative estimate of drug-likeness (QED) is 0.481. The Morgan fingerprint density at radius 1 is 1.36 bits per heavy atom. The molecule has 0 radical (unpaired) electrons. The van der Waals surface area contributed by atoms with Crippen LogP contribution in [-0.4, -0.2) is 63.8 Å². The fourth-order valence-corrected chi connectivity index (χ4v) is 6.57. The second-order valence-corrected chi connectivity index (χ2v) is 11.0. The predicted molar refractivity (Wildman–Crippen MR) is 133 cm³/mol. The minimum Gasteiger partial charge on any atom is -0.497 e. The van der Waals surface area contributed by atoms with E-state index in [0.29, 0.717) is 35.7 Å². The summed E-state index contributed by atoms with van der Waals surface area (Å²) < 4.78 is 5.33. The number of rotatable bonds is 10. The number of aromatic nitrogens is 1. The lowest BCUT2D eigenvalue weighted by molar-refractivity contribution is -0.146. The summed E-state index contributed by atoms with van der Waals surface area (Å²) in [5, 5.41) is 22.9. The smallest absolute Gasteiger partial charge is 0.308 e. The predicted octanol–water partition coefficient (Wildman–Crippen LogP) is 5.02. The highest BCUT2D eigenvalue weighted by Crippen LogP contribution is 2.37. The highest BCUT2D eigenvalue weighted by molar-refractivity contribution is 7.99. The molecule has 1 aliphatic heterocycles. The molecule has 2 aromatic rings. The molecule has 3 atom stereocenters. The van der Waals surface area contributed by atoms with Crippen LogP contribution < -0.4 is 4.74 Å². The fraction of sp³-hybridized carbons (Fsp3) is 0.600. The number of carboxylic acids is 1. The number of aliphatic hydroxyl groups excluding tert-OH is 1. The Morgan fingerprint density at radius 3 is 2.88 bits per heavy atom. The molecule has 1 aromatic carbocycles. The van der Waals surface area contributed by atoms with Crippen molar-refractivity contribution in [3.63, 3.8) is 0 Å². The van der Waals surface area contributed by atoms with Crippen molar-refractivity contribution in [2.24, 2.45) is 11.8 Å². The minimum absolute atomic E-state index is 0.0501. The molecule has 1 aromatic heterocycles. The third kappa shape index (κ3) is 5.94. The number of fused-ring (bicyclic) bond motifs is 1. The van der Waals surface area contributed by atoms with E-state index in [4.69, 9.17) is 16.3 Å². The van der Waals surface area contributed by atoms with Gasteiger partial charge in [0.1, 0.15) is 5.75 Å². The highest BCUT2D eigenvalue weighted by Gasteiger charge is 2.34. The second-order valence-electron chi connectivity index (χ2n) is 9.21. The number of methoxy groups -OCH3 is 1. The van der Waals surface area contributed by atoms with Gasteiger partial charge < -0.3 is 19.8 Å². The van der Waals surface area contributed by atoms with E-state index in [-0.39, 0.29) is 5.92 Å². The van der Waals surface area contributed by atoms with Crippen molar-refractivity contribution in [1.29, 1.82) is 0 Å². The van der Waals surface area contributed by atoms with Gasteiger partial charge in [-0.1, -0.05) is 18.0 Å². The molecule has 2 N–H and O–H groups in total. The van der Waals surface area contributed by atoms with Gasteiger partial charge in [-0.15, -0.1) is 0 Å². The summed E-state index contributed by atoms with van der Waals surface area (Å²) in [5.41, 5.74) is 1.38. The third-order valence-corrected chi connectivity index (χ3v) is 8.85. The number of carbonyl (C=O) groups is 1. The summed E-state index contributed by atoms with van der Waals surface area (Å²) in [6.07, 6.45) is 6.73. The lowest BCUT2D eigenvalue weighted by Gasteiger charge is -2.37. The van der Waals surface area contributed by atoms with E-state index in [9.17, 15) is 15.0 Å². The zero-order valence-electron chi connectivity index (χ0n) is 19.1. The van der Waals surface area contributed by atoms with Crippen molar-refractivity contribution in [1.82, 2.24) is 9.88 Å². The number of carboxylic acid groups (broad SMARTS) is 1. The monoisotopic (exact) mass is 492 g/mol. The van der Waals surface area contributed by atoms with E-state index in [1.807, 2.05) is 30.0 Å². The molecule has 1 saturated carbocycles. The number of aliphatic carboxylic acids is 1. The number of aliphatic hydroxyl groups is 1. The van der Waals surface area contributed by atoms with Crippen LogP contribution in [0.5, 0.6) is 5.75 Å². The van der Waals surface area contributed by atoms with Gasteiger partial charge in [0.25, 0.3) is 0 Å². The van der Waals surface area contributed by atoms with Gasteiger partial charge >= 0.3 is 5.97 Å². The molecule has 1 saturated heterocycles. The molecule has 0 amide bonds. The Morgan fingerprint density at radius 2 is 2.18 bits per heavy atom. The molecule has 8 heteroatoms. The molecule has 0 bridgehead atoms. The molecule has 2 aliphatic rings. The lowest BCUT2D eigenvalue weighted by atomic mass is 9.81. The summed E-state index contributed by atoms with van der Waals surface area (Å²) >= 11 is 8.47. The zero-order valence-corrected chi connectivity index (χ0v) is 20.7.